The standard InChI is InChI=1S/C15H26N6O8S/c1-5(22)11(18)14(27)21-8(4-30)13(26)19-6(2-9(16)23)12(25)20-7(15(28)29)3-10(17)24/h5-8,11,22,30H,2-4,18H2,1H3,(H2,16,23)(H2,17,24)(H,19,26)(H,20,25)(H,21,27)(H,28,29). The summed E-state index contributed by atoms with van der Waals surface area (Å²) >= 11 is 3.91. The van der Waals surface area contributed by atoms with Crippen molar-refractivity contribution in [3.05, 3.63) is 0 Å². The molecule has 30 heavy (non-hydrogen) atoms. The van der Waals surface area contributed by atoms with Gasteiger partial charge in [-0.3, -0.25) is 24.0 Å². The summed E-state index contributed by atoms with van der Waals surface area (Å²) in [7, 11) is 0. The number of carbonyl (C=O) groups is 6. The third-order valence-corrected chi connectivity index (χ3v) is 4.06. The molecule has 0 aromatic carbocycles. The third-order valence-electron chi connectivity index (χ3n) is 3.70. The second kappa shape index (κ2) is 12.6. The molecule has 0 bridgehead atoms. The number of carbonyl (C=O) groups excluding carboxylic acids is 5. The molecular formula is C15H26N6O8S. The van der Waals surface area contributed by atoms with Gasteiger partial charge in [-0.05, 0) is 6.92 Å². The number of hydrogen-bond donors (Lipinski definition) is 9. The van der Waals surface area contributed by atoms with E-state index in [9.17, 15) is 33.9 Å². The number of aliphatic hydroxyl groups is 1. The SMILES string of the molecule is CC(O)C(N)C(=O)NC(CS)C(=O)NC(CC(N)=O)C(=O)NC(CC(N)=O)C(=O)O. The van der Waals surface area contributed by atoms with E-state index in [1.807, 2.05) is 5.32 Å². The van der Waals surface area contributed by atoms with E-state index < -0.39 is 78.6 Å². The zero-order valence-electron chi connectivity index (χ0n) is 16.0. The number of thiol groups is 1. The van der Waals surface area contributed by atoms with Crippen LogP contribution >= 0.6 is 12.6 Å². The van der Waals surface area contributed by atoms with Crippen LogP contribution in [0.2, 0.25) is 0 Å². The summed E-state index contributed by atoms with van der Waals surface area (Å²) in [5, 5.41) is 24.7. The molecule has 15 heteroatoms. The van der Waals surface area contributed by atoms with Crippen molar-refractivity contribution in [3.63, 3.8) is 0 Å². The van der Waals surface area contributed by atoms with Crippen molar-refractivity contribution >= 4 is 48.1 Å². The second-order valence-electron chi connectivity index (χ2n) is 6.31. The average Bonchev–Trinajstić information content (AvgIpc) is 2.62. The number of carboxylic acid groups (broad SMARTS) is 1. The molecular weight excluding hydrogens is 424 g/mol. The maximum absolute atomic E-state index is 12.4. The summed E-state index contributed by atoms with van der Waals surface area (Å²) in [5.41, 5.74) is 15.4. The van der Waals surface area contributed by atoms with Crippen molar-refractivity contribution in [2.75, 3.05) is 5.75 Å². The Morgan fingerprint density at radius 1 is 0.833 bits per heavy atom. The summed E-state index contributed by atoms with van der Waals surface area (Å²) in [4.78, 5) is 70.0. The van der Waals surface area contributed by atoms with Gasteiger partial charge in [0.2, 0.25) is 29.5 Å². The molecule has 0 aliphatic rings. The van der Waals surface area contributed by atoms with Gasteiger partial charge in [-0.2, -0.15) is 12.6 Å². The smallest absolute Gasteiger partial charge is 0.326 e. The average molecular weight is 450 g/mol. The quantitative estimate of drug-likeness (QED) is 0.121. The van der Waals surface area contributed by atoms with E-state index in [2.05, 4.69) is 23.3 Å². The van der Waals surface area contributed by atoms with E-state index in [-0.39, 0.29) is 5.75 Å². The van der Waals surface area contributed by atoms with E-state index in [1.165, 1.54) is 6.92 Å². The highest BCUT2D eigenvalue weighted by molar-refractivity contribution is 7.80. The molecule has 0 radical (unpaired) electrons. The van der Waals surface area contributed by atoms with Crippen LogP contribution < -0.4 is 33.2 Å². The lowest BCUT2D eigenvalue weighted by Gasteiger charge is -2.24. The van der Waals surface area contributed by atoms with Crippen molar-refractivity contribution in [1.29, 1.82) is 0 Å². The minimum atomic E-state index is -1.70. The molecule has 11 N–H and O–H groups in total. The Labute approximate surface area is 176 Å². The fourth-order valence-electron chi connectivity index (χ4n) is 2.04. The van der Waals surface area contributed by atoms with Gasteiger partial charge in [0.05, 0.1) is 18.9 Å². The lowest BCUT2D eigenvalue weighted by Crippen LogP contribution is -2.59. The van der Waals surface area contributed by atoms with Gasteiger partial charge in [-0.1, -0.05) is 0 Å². The van der Waals surface area contributed by atoms with Crippen LogP contribution in [0, 0.1) is 0 Å². The number of nitrogens with one attached hydrogen (secondary N) is 3. The van der Waals surface area contributed by atoms with Gasteiger partial charge >= 0.3 is 5.97 Å². The zero-order valence-corrected chi connectivity index (χ0v) is 16.9. The van der Waals surface area contributed by atoms with Gasteiger partial charge in [-0.15, -0.1) is 0 Å². The van der Waals surface area contributed by atoms with Gasteiger partial charge < -0.3 is 43.4 Å². The van der Waals surface area contributed by atoms with Crippen molar-refractivity contribution < 1.29 is 39.0 Å². The molecule has 0 spiro atoms. The first-order valence-electron chi connectivity index (χ1n) is 8.55. The number of hydrogen-bond acceptors (Lipinski definition) is 9. The Balaban J connectivity index is 5.33. The molecule has 0 aromatic rings. The molecule has 0 aliphatic carbocycles. The maximum atomic E-state index is 12.4. The highest BCUT2D eigenvalue weighted by atomic mass is 32.1. The summed E-state index contributed by atoms with van der Waals surface area (Å²) in [5.74, 6) is -6.78. The van der Waals surface area contributed by atoms with Crippen LogP contribution in [0.1, 0.15) is 19.8 Å². The van der Waals surface area contributed by atoms with Crippen LogP contribution in [0.4, 0.5) is 0 Å². The third kappa shape index (κ3) is 9.53. The zero-order chi connectivity index (χ0) is 23.6. The lowest BCUT2D eigenvalue weighted by molar-refractivity contribution is -0.144. The van der Waals surface area contributed by atoms with E-state index in [1.54, 1.807) is 0 Å². The maximum Gasteiger partial charge on any atom is 0.326 e. The fraction of sp³-hybridized carbons (Fsp3) is 0.600. The van der Waals surface area contributed by atoms with Crippen molar-refractivity contribution in [1.82, 2.24) is 16.0 Å². The van der Waals surface area contributed by atoms with Crippen LogP contribution in [0.25, 0.3) is 0 Å². The molecule has 0 aromatic heterocycles. The van der Waals surface area contributed by atoms with Crippen molar-refractivity contribution in [3.8, 4) is 0 Å². The first-order valence-corrected chi connectivity index (χ1v) is 9.18. The minimum absolute atomic E-state index is 0.242. The van der Waals surface area contributed by atoms with Gasteiger partial charge in [-0.25, -0.2) is 4.79 Å². The number of aliphatic carboxylic acids is 1. The topological polar surface area (TPSA) is 257 Å². The first-order chi connectivity index (χ1) is 13.8. The van der Waals surface area contributed by atoms with E-state index in [0.717, 1.165) is 0 Å². The summed E-state index contributed by atoms with van der Waals surface area (Å²) in [6, 6.07) is -5.97. The summed E-state index contributed by atoms with van der Waals surface area (Å²) < 4.78 is 0. The van der Waals surface area contributed by atoms with Gasteiger partial charge in [0.1, 0.15) is 24.2 Å². The second-order valence-corrected chi connectivity index (χ2v) is 6.68. The predicted molar refractivity (Wildman–Crippen MR) is 105 cm³/mol. The van der Waals surface area contributed by atoms with E-state index in [4.69, 9.17) is 22.3 Å². The highest BCUT2D eigenvalue weighted by Crippen LogP contribution is 2.00. The number of carboxylic acids is 1. The Kier molecular flexibility index (Phi) is 11.4. The van der Waals surface area contributed by atoms with Crippen LogP contribution in [0.3, 0.4) is 0 Å². The van der Waals surface area contributed by atoms with Crippen LogP contribution in [0.5, 0.6) is 0 Å². The Hall–Kier alpha value is -2.91. The van der Waals surface area contributed by atoms with Crippen LogP contribution in [-0.4, -0.2) is 81.7 Å². The molecule has 0 aliphatic heterocycles. The molecule has 0 saturated heterocycles. The molecule has 5 unspecified atom stereocenters. The monoisotopic (exact) mass is 450 g/mol. The summed E-state index contributed by atoms with van der Waals surface area (Å²) in [6.45, 7) is 1.26. The summed E-state index contributed by atoms with van der Waals surface area (Å²) in [6.07, 6.45) is -2.65. The molecule has 5 atom stereocenters. The van der Waals surface area contributed by atoms with Crippen LogP contribution in [0.15, 0.2) is 0 Å². The molecule has 0 rings (SSSR count). The van der Waals surface area contributed by atoms with Gasteiger partial charge in [0.25, 0.3) is 0 Å². The molecule has 5 amide bonds. The van der Waals surface area contributed by atoms with Crippen molar-refractivity contribution in [2.45, 2.75) is 50.0 Å². The Morgan fingerprint density at radius 3 is 1.63 bits per heavy atom. The highest BCUT2D eigenvalue weighted by Gasteiger charge is 2.31. The Bertz CT molecular complexity index is 688. The number of rotatable bonds is 13. The van der Waals surface area contributed by atoms with Gasteiger partial charge in [0.15, 0.2) is 0 Å². The first kappa shape index (κ1) is 27.1. The number of nitrogens with two attached hydrogens (primary N) is 3. The number of primary amides is 2. The fourth-order valence-corrected chi connectivity index (χ4v) is 2.29. The largest absolute Gasteiger partial charge is 0.480 e. The molecule has 0 fully saturated rings. The predicted octanol–water partition coefficient (Wildman–Crippen LogP) is -5.09. The molecule has 0 heterocycles. The number of aliphatic hydroxyl groups excluding tert-OH is 1. The minimum Gasteiger partial charge on any atom is -0.480 e. The Morgan fingerprint density at radius 2 is 1.23 bits per heavy atom. The molecule has 0 saturated carbocycles. The van der Waals surface area contributed by atoms with E-state index >= 15 is 0 Å². The van der Waals surface area contributed by atoms with Gasteiger partial charge in [0, 0.05) is 5.75 Å². The van der Waals surface area contributed by atoms with Crippen molar-refractivity contribution in [2.24, 2.45) is 17.2 Å². The van der Waals surface area contributed by atoms with Crippen LogP contribution in [-0.2, 0) is 28.8 Å². The normalized spacial score (nSPS) is 15.6. The molecule has 14 nitrogen and oxygen atoms in total. The molecule has 170 valence electrons. The lowest BCUT2D eigenvalue weighted by atomic mass is 10.1. The number of amides is 5. The van der Waals surface area contributed by atoms with E-state index in [0.29, 0.717) is 0 Å².